The second-order valence-electron chi connectivity index (χ2n) is 28.9. The summed E-state index contributed by atoms with van der Waals surface area (Å²) < 4.78 is 234. The number of para-hydroxylation sites is 1. The van der Waals surface area contributed by atoms with Crippen molar-refractivity contribution in [2.45, 2.75) is 117 Å². The molecule has 5 nitrogen and oxygen atoms in total. The van der Waals surface area contributed by atoms with Crippen LogP contribution in [0.2, 0.25) is 6.04 Å². The van der Waals surface area contributed by atoms with E-state index in [4.69, 9.17) is 13.8 Å². The molecule has 474 valence electrons. The second kappa shape index (κ2) is 23.6. The van der Waals surface area contributed by atoms with Crippen molar-refractivity contribution in [1.29, 1.82) is 0 Å². The molecule has 0 saturated carbocycles. The molecule has 0 aliphatic carbocycles. The van der Waals surface area contributed by atoms with Gasteiger partial charge < -0.3 is 4.74 Å². The van der Waals surface area contributed by atoms with E-state index in [0.717, 1.165) is 38.5 Å². The Morgan fingerprint density at radius 1 is 0.438 bits per heavy atom. The van der Waals surface area contributed by atoms with Gasteiger partial charge in [-0.15, -0.1) is 0 Å². The van der Waals surface area contributed by atoms with Crippen molar-refractivity contribution in [1.82, 2.24) is 14.1 Å². The highest BCUT2D eigenvalue weighted by molar-refractivity contribution is 7.11. The van der Waals surface area contributed by atoms with E-state index < -0.39 is 191 Å². The predicted molar refractivity (Wildman–Crippen MR) is 405 cm³/mol. The number of hydrogen-bond donors (Lipinski definition) is 0. The fourth-order valence-corrected chi connectivity index (χ4v) is 17.1. The Morgan fingerprint density at radius 2 is 0.958 bits per heavy atom. The van der Waals surface area contributed by atoms with E-state index in [2.05, 4.69) is 104 Å². The lowest BCUT2D eigenvalue weighted by Gasteiger charge is -2.34. The maximum Gasteiger partial charge on any atom is 0.269 e. The molecule has 0 fully saturated rings. The molecule has 0 atom stereocenters. The fraction of sp³-hybridized carbons (Fsp3) is 0.200. The molecule has 1 aliphatic heterocycles. The van der Waals surface area contributed by atoms with Gasteiger partial charge in [0.1, 0.15) is 25.4 Å². The molecule has 0 radical (unpaired) electrons. The van der Waals surface area contributed by atoms with Crippen LogP contribution in [0.3, 0.4) is 0 Å². The molecule has 0 unspecified atom stereocenters. The number of hydrogen-bond acceptors (Lipinski definition) is 2. The molecule has 1 aliphatic rings. The molecule has 4 heterocycles. The fourth-order valence-electron chi connectivity index (χ4n) is 13.3. The average Bonchev–Trinajstić information content (AvgIpc) is 1.67. The molecule has 3 aromatic heterocycles. The number of benzene rings is 11. The van der Waals surface area contributed by atoms with Crippen molar-refractivity contribution in [3.63, 3.8) is 0 Å². The Labute approximate surface area is 600 Å². The Balaban J connectivity index is 1.12. The first kappa shape index (κ1) is 41.0. The van der Waals surface area contributed by atoms with E-state index in [1.165, 1.54) is 0 Å². The number of aromatic nitrogens is 4. The summed E-state index contributed by atoms with van der Waals surface area (Å²) in [6.07, 6.45) is 5.03. The lowest BCUT2D eigenvalue weighted by atomic mass is 9.77. The van der Waals surface area contributed by atoms with E-state index in [1.807, 2.05) is 75.4 Å². The van der Waals surface area contributed by atoms with E-state index in [-0.39, 0.29) is 61.1 Å². The van der Waals surface area contributed by atoms with Crippen LogP contribution in [0.5, 0.6) is 11.5 Å². The third kappa shape index (κ3) is 11.1. The largest absolute Gasteiger partial charge is 0.458 e. The predicted octanol–water partition coefficient (Wildman–Crippen LogP) is 20.9. The quantitative estimate of drug-likeness (QED) is 0.0560. The van der Waals surface area contributed by atoms with Crippen molar-refractivity contribution < 1.29 is 40.8 Å². The summed E-state index contributed by atoms with van der Waals surface area (Å²) in [7, 11) is -5.59. The summed E-state index contributed by atoms with van der Waals surface area (Å²) in [6, 6.07) is 18.3. The standard InChI is InChI=1S/C90H84N4OSi/c1-87(2,3)62-45-47-91-84(56-62)94-81-42-27-26-41-76(81)77-44-43-68(58-82(77)94)95-67-30-28-29-66(57-67)92-59-93-85-78(61-51-63(88(4,5)6)53-64(52-61)89(7,8)9)54-65(90(10,11)12)55-80(85)75-40-25-23-38-73(75)72-37-22-24-39-74(72)79-49-60(50-83(92)86(79)93)46-48-96(69-31-16-13-17-32-69,70-33-18-14-19-34-70)71-35-20-15-21-36-71/h13-45,47,49-58H,46,48H2,1-12H3/i13D,14D,15D,16D,17D,18D,19D,20D,21D,22D,23D,24D,25D,31D,32D,33D,34D,35D,36D,37D,38D,39D,40D. The normalized spacial score (nSPS) is 16.0. The van der Waals surface area contributed by atoms with Gasteiger partial charge in [0.2, 0.25) is 0 Å². The van der Waals surface area contributed by atoms with Gasteiger partial charge in [-0.1, -0.05) is 288 Å². The number of aryl methyl sites for hydroxylation is 1. The Morgan fingerprint density at radius 3 is 1.55 bits per heavy atom. The van der Waals surface area contributed by atoms with Crippen LogP contribution in [0.15, 0.2) is 266 Å². The highest BCUT2D eigenvalue weighted by atomic mass is 28.3. The van der Waals surface area contributed by atoms with Gasteiger partial charge in [0.05, 0.1) is 65.0 Å². The molecule has 0 bridgehead atoms. The van der Waals surface area contributed by atoms with Gasteiger partial charge in [0.15, 0.2) is 0 Å². The van der Waals surface area contributed by atoms with E-state index >= 15 is 0 Å². The van der Waals surface area contributed by atoms with E-state index in [1.54, 1.807) is 51.7 Å². The number of rotatable bonds is 11. The zero-order valence-electron chi connectivity index (χ0n) is 78.7. The third-order valence-corrected chi connectivity index (χ3v) is 22.8. The average molecular weight is 1290 g/mol. The van der Waals surface area contributed by atoms with Crippen molar-refractivity contribution in [3.05, 3.63) is 301 Å². The van der Waals surface area contributed by atoms with Crippen LogP contribution >= 0.6 is 0 Å². The highest BCUT2D eigenvalue weighted by Gasteiger charge is 2.39. The van der Waals surface area contributed by atoms with Gasteiger partial charge in [-0.25, -0.2) is 4.98 Å². The van der Waals surface area contributed by atoms with Crippen LogP contribution in [-0.2, 0) is 28.1 Å². The molecular weight excluding hydrogens is 1180 g/mol. The molecular formula is C90H84N4OSi. The molecule has 0 N–H and O–H groups in total. The van der Waals surface area contributed by atoms with Gasteiger partial charge in [0.25, 0.3) is 6.33 Å². The first-order valence-corrected chi connectivity index (χ1v) is 34.4. The van der Waals surface area contributed by atoms with Gasteiger partial charge in [-0.05, 0) is 171 Å². The van der Waals surface area contributed by atoms with Gasteiger partial charge in [-0.3, -0.25) is 13.7 Å². The van der Waals surface area contributed by atoms with Crippen molar-refractivity contribution in [3.8, 4) is 73.2 Å². The molecule has 96 heavy (non-hydrogen) atoms. The minimum atomic E-state index is -5.59. The molecule has 0 saturated heterocycles. The van der Waals surface area contributed by atoms with Crippen molar-refractivity contribution in [2.24, 2.45) is 0 Å². The summed E-state index contributed by atoms with van der Waals surface area (Å²) in [4.78, 5) is 4.91. The zero-order chi connectivity index (χ0) is 86.5. The summed E-state index contributed by atoms with van der Waals surface area (Å²) in [5, 5.41) is -0.138. The number of pyridine rings is 1. The minimum Gasteiger partial charge on any atom is -0.458 e. The highest BCUT2D eigenvalue weighted by Crippen LogP contribution is 2.48. The summed E-state index contributed by atoms with van der Waals surface area (Å²) in [6.45, 7) is 25.1. The van der Waals surface area contributed by atoms with Gasteiger partial charge in [-0.2, -0.15) is 0 Å². The summed E-state index contributed by atoms with van der Waals surface area (Å²) in [5.41, 5.74) is 4.92. The molecule has 0 amide bonds. The summed E-state index contributed by atoms with van der Waals surface area (Å²) >= 11 is 0. The van der Waals surface area contributed by atoms with Crippen LogP contribution in [0, 0.1) is 6.33 Å². The van der Waals surface area contributed by atoms with Gasteiger partial charge in [0, 0.05) is 23.0 Å². The second-order valence-corrected chi connectivity index (χ2v) is 32.8. The maximum absolute atomic E-state index is 10.4. The van der Waals surface area contributed by atoms with Gasteiger partial charge >= 0.3 is 0 Å². The lowest BCUT2D eigenvalue weighted by Crippen LogP contribution is -2.67. The number of imidazole rings is 1. The third-order valence-electron chi connectivity index (χ3n) is 18.5. The smallest absolute Gasteiger partial charge is 0.269 e. The summed E-state index contributed by atoms with van der Waals surface area (Å²) in [5.74, 6) is 1.41. The first-order chi connectivity index (χ1) is 55.6. The number of fused-ring (bicyclic) bond motifs is 10. The van der Waals surface area contributed by atoms with Crippen LogP contribution in [-0.4, -0.2) is 22.2 Å². The van der Waals surface area contributed by atoms with Crippen molar-refractivity contribution >= 4 is 56.5 Å². The molecule has 11 aromatic carbocycles. The molecule has 14 aromatic rings. The number of ether oxygens (including phenoxy) is 1. The zero-order valence-corrected chi connectivity index (χ0v) is 56.7. The topological polar surface area (TPSA) is 35.9 Å². The van der Waals surface area contributed by atoms with Crippen LogP contribution in [0.4, 0.5) is 0 Å². The Bertz CT molecular complexity index is 6470. The van der Waals surface area contributed by atoms with E-state index in [0.29, 0.717) is 39.7 Å². The van der Waals surface area contributed by atoms with Crippen LogP contribution in [0.1, 0.15) is 142 Å². The lowest BCUT2D eigenvalue weighted by molar-refractivity contribution is -0.570. The number of nitrogens with zero attached hydrogens (tertiary/aromatic N) is 4. The molecule has 6 heteroatoms. The van der Waals surface area contributed by atoms with Crippen LogP contribution < -0.4 is 24.9 Å². The van der Waals surface area contributed by atoms with Crippen molar-refractivity contribution in [2.75, 3.05) is 0 Å². The SMILES string of the molecule is [2H]c1c([2H])c([2H])c([Si](CCc2cc3c4c(c2)n(-c2cccc(Oc5ccc6c7ccccc7n(-c7cc(C(C)(C)C)ccn7)c6c5)c2)[c-][n+]4-c2c(-c4cc(C(C)(C)C)cc(C(C)(C)C)c4)cc(C(C)(C)C)cc2-c2c([2H])c([2H])c([2H])c([2H])c2-c2c([2H])c([2H])c([2H])c([2H])c2-3)(c2c([2H])c([2H])c([2H])c([2H])c2[2H])c2c([2H])c([2H])c([2H])c([2H])c2[2H])c([2H])c1[2H]. The molecule has 15 rings (SSSR count). The first-order valence-electron chi connectivity index (χ1n) is 43.7. The minimum absolute atomic E-state index is 0.0234. The molecule has 0 spiro atoms. The van der Waals surface area contributed by atoms with E-state index in [9.17, 15) is 27.4 Å². The van der Waals surface area contributed by atoms with Crippen LogP contribution in [0.25, 0.3) is 94.5 Å². The maximum atomic E-state index is 10.4. The Kier molecular flexibility index (Phi) is 10.1. The Hall–Kier alpha value is -10.1. The monoisotopic (exact) mass is 1290 g/mol.